The molecule has 1 atom stereocenters. The van der Waals surface area contributed by atoms with Crippen molar-refractivity contribution in [3.05, 3.63) is 59.7 Å². The lowest BCUT2D eigenvalue weighted by Gasteiger charge is -2.40. The number of nitrogens with zero attached hydrogens (tertiary/aromatic N) is 6. The van der Waals surface area contributed by atoms with Gasteiger partial charge >= 0.3 is 0 Å². The van der Waals surface area contributed by atoms with Gasteiger partial charge in [0.1, 0.15) is 23.4 Å². The van der Waals surface area contributed by atoms with Crippen molar-refractivity contribution in [3.63, 3.8) is 0 Å². The first-order chi connectivity index (χ1) is 15.8. The van der Waals surface area contributed by atoms with Crippen molar-refractivity contribution >= 4 is 5.69 Å². The highest BCUT2D eigenvalue weighted by Gasteiger charge is 2.35. The smallest absolute Gasteiger partial charge is 0.173 e. The predicted octanol–water partition coefficient (Wildman–Crippen LogP) is 3.50. The van der Waals surface area contributed by atoms with Crippen LogP contribution in [0.1, 0.15) is 38.2 Å². The molecule has 3 aromatic rings. The van der Waals surface area contributed by atoms with E-state index in [1.807, 2.05) is 35.0 Å². The summed E-state index contributed by atoms with van der Waals surface area (Å²) >= 11 is 0. The summed E-state index contributed by atoms with van der Waals surface area (Å²) in [4.78, 5) is 4.63. The molecule has 0 unspecified atom stereocenters. The van der Waals surface area contributed by atoms with E-state index in [4.69, 9.17) is 9.47 Å². The second-order valence-electron chi connectivity index (χ2n) is 9.13. The summed E-state index contributed by atoms with van der Waals surface area (Å²) in [5, 5.41) is 12.8. The lowest BCUT2D eigenvalue weighted by molar-refractivity contribution is 0.188. The third-order valence-corrected chi connectivity index (χ3v) is 5.98. The molecule has 0 radical (unpaired) electrons. The van der Waals surface area contributed by atoms with E-state index in [0.29, 0.717) is 0 Å². The maximum atomic E-state index is 13.4. The van der Waals surface area contributed by atoms with Gasteiger partial charge in [0.15, 0.2) is 5.82 Å². The van der Waals surface area contributed by atoms with Crippen LogP contribution in [0.4, 0.5) is 10.1 Å². The molecule has 9 heteroatoms. The Labute approximate surface area is 193 Å². The Kier molecular flexibility index (Phi) is 6.51. The zero-order valence-corrected chi connectivity index (χ0v) is 19.8. The zero-order chi connectivity index (χ0) is 23.6. The van der Waals surface area contributed by atoms with Crippen molar-refractivity contribution in [2.75, 3.05) is 45.3 Å². The molecular weight excluding hydrogens is 423 g/mol. The molecule has 0 N–H and O–H groups in total. The third-order valence-electron chi connectivity index (χ3n) is 5.98. The standard InChI is InChI=1S/C24H31FN6O2/c1-24(2,3)31-23(26-27-28-31)22(20-16-19(32-4)10-11-21(20)33-5)30-14-12-29(13-15-30)18-8-6-17(25)7-9-18/h6-11,16,22H,12-15H2,1-5H3/t22-/m1/s1. The molecule has 8 nitrogen and oxygen atoms in total. The summed E-state index contributed by atoms with van der Waals surface area (Å²) in [6, 6.07) is 12.2. The second kappa shape index (κ2) is 9.35. The number of methoxy groups -OCH3 is 2. The number of rotatable bonds is 6. The monoisotopic (exact) mass is 454 g/mol. The van der Waals surface area contributed by atoms with Crippen LogP contribution < -0.4 is 14.4 Å². The van der Waals surface area contributed by atoms with E-state index in [1.54, 1.807) is 14.2 Å². The molecule has 2 heterocycles. The fraction of sp³-hybridized carbons (Fsp3) is 0.458. The number of hydrogen-bond acceptors (Lipinski definition) is 7. The first-order valence-electron chi connectivity index (χ1n) is 11.1. The van der Waals surface area contributed by atoms with Crippen LogP contribution in [0.2, 0.25) is 0 Å². The summed E-state index contributed by atoms with van der Waals surface area (Å²) < 4.78 is 26.5. The minimum absolute atomic E-state index is 0.223. The number of aromatic nitrogens is 4. The van der Waals surface area contributed by atoms with Crippen molar-refractivity contribution < 1.29 is 13.9 Å². The second-order valence-corrected chi connectivity index (χ2v) is 9.13. The first kappa shape index (κ1) is 23.0. The average Bonchev–Trinajstić information content (AvgIpc) is 3.30. The van der Waals surface area contributed by atoms with Gasteiger partial charge in [-0.05, 0) is 73.7 Å². The van der Waals surface area contributed by atoms with E-state index in [0.717, 1.165) is 54.8 Å². The SMILES string of the molecule is COc1ccc(OC)c([C@H](c2nnnn2C(C)(C)C)N2CCN(c3ccc(F)cc3)CC2)c1. The Bertz CT molecular complexity index is 1070. The maximum Gasteiger partial charge on any atom is 0.173 e. The summed E-state index contributed by atoms with van der Waals surface area (Å²) in [7, 11) is 3.32. The van der Waals surface area contributed by atoms with E-state index in [1.165, 1.54) is 12.1 Å². The summed E-state index contributed by atoms with van der Waals surface area (Å²) in [6.45, 7) is 9.40. The van der Waals surface area contributed by atoms with Crippen LogP contribution in [-0.2, 0) is 5.54 Å². The van der Waals surface area contributed by atoms with Crippen molar-refractivity contribution in [1.29, 1.82) is 0 Å². The van der Waals surface area contributed by atoms with Crippen LogP contribution in [-0.4, -0.2) is 65.5 Å². The molecule has 1 aliphatic heterocycles. The molecule has 33 heavy (non-hydrogen) atoms. The van der Waals surface area contributed by atoms with Crippen molar-refractivity contribution in [2.24, 2.45) is 0 Å². The minimum atomic E-state index is -0.293. The van der Waals surface area contributed by atoms with Crippen molar-refractivity contribution in [1.82, 2.24) is 25.1 Å². The van der Waals surface area contributed by atoms with Crippen LogP contribution in [0.25, 0.3) is 0 Å². The molecule has 0 saturated carbocycles. The van der Waals surface area contributed by atoms with E-state index in [2.05, 4.69) is 46.1 Å². The minimum Gasteiger partial charge on any atom is -0.497 e. The molecule has 4 rings (SSSR count). The molecule has 1 saturated heterocycles. The summed E-state index contributed by atoms with van der Waals surface area (Å²) in [5.74, 6) is 2.03. The van der Waals surface area contributed by atoms with Gasteiger partial charge in [0, 0.05) is 37.4 Å². The maximum absolute atomic E-state index is 13.4. The van der Waals surface area contributed by atoms with Gasteiger partial charge in [0.05, 0.1) is 19.8 Å². The lowest BCUT2D eigenvalue weighted by atomic mass is 10.00. The zero-order valence-electron chi connectivity index (χ0n) is 19.8. The number of anilines is 1. The first-order valence-corrected chi connectivity index (χ1v) is 11.1. The van der Waals surface area contributed by atoms with Crippen LogP contribution >= 0.6 is 0 Å². The van der Waals surface area contributed by atoms with Crippen molar-refractivity contribution in [2.45, 2.75) is 32.4 Å². The quantitative estimate of drug-likeness (QED) is 0.565. The van der Waals surface area contributed by atoms with E-state index in [9.17, 15) is 4.39 Å². The normalized spacial score (nSPS) is 16.0. The van der Waals surface area contributed by atoms with Gasteiger partial charge in [0.25, 0.3) is 0 Å². The van der Waals surface area contributed by atoms with Crippen LogP contribution in [0.3, 0.4) is 0 Å². The molecule has 0 spiro atoms. The van der Waals surface area contributed by atoms with Gasteiger partial charge in [-0.25, -0.2) is 9.07 Å². The number of halogens is 1. The molecule has 1 aromatic heterocycles. The highest BCUT2D eigenvalue weighted by atomic mass is 19.1. The van der Waals surface area contributed by atoms with Gasteiger partial charge in [-0.3, -0.25) is 4.90 Å². The highest BCUT2D eigenvalue weighted by Crippen LogP contribution is 2.38. The van der Waals surface area contributed by atoms with E-state index in [-0.39, 0.29) is 17.4 Å². The van der Waals surface area contributed by atoms with Gasteiger partial charge in [-0.1, -0.05) is 0 Å². The van der Waals surface area contributed by atoms with Gasteiger partial charge in [0.2, 0.25) is 0 Å². The Morgan fingerprint density at radius 2 is 1.64 bits per heavy atom. The average molecular weight is 455 g/mol. The summed E-state index contributed by atoms with van der Waals surface area (Å²) in [6.07, 6.45) is 0. The number of hydrogen-bond donors (Lipinski definition) is 0. The Morgan fingerprint density at radius 1 is 0.939 bits per heavy atom. The summed E-state index contributed by atoms with van der Waals surface area (Å²) in [5.41, 5.74) is 1.68. The number of benzene rings is 2. The molecule has 0 amide bonds. The molecule has 2 aromatic carbocycles. The number of ether oxygens (including phenoxy) is 2. The predicted molar refractivity (Wildman–Crippen MR) is 124 cm³/mol. The molecular formula is C24H31FN6O2. The third kappa shape index (κ3) is 4.78. The lowest BCUT2D eigenvalue weighted by Crippen LogP contribution is -2.48. The Balaban J connectivity index is 1.71. The fourth-order valence-electron chi connectivity index (χ4n) is 4.28. The molecule has 0 bridgehead atoms. The number of tetrazole rings is 1. The van der Waals surface area contributed by atoms with Crippen LogP contribution in [0, 0.1) is 5.82 Å². The molecule has 1 fully saturated rings. The fourth-order valence-corrected chi connectivity index (χ4v) is 4.28. The van der Waals surface area contributed by atoms with Crippen LogP contribution in [0.15, 0.2) is 42.5 Å². The van der Waals surface area contributed by atoms with Gasteiger partial charge < -0.3 is 14.4 Å². The van der Waals surface area contributed by atoms with Crippen LogP contribution in [0.5, 0.6) is 11.5 Å². The molecule has 176 valence electrons. The molecule has 0 aliphatic carbocycles. The van der Waals surface area contributed by atoms with Gasteiger partial charge in [-0.15, -0.1) is 5.10 Å². The Hall–Kier alpha value is -3.20. The topological polar surface area (TPSA) is 68.5 Å². The van der Waals surface area contributed by atoms with Crippen molar-refractivity contribution in [3.8, 4) is 11.5 Å². The Morgan fingerprint density at radius 3 is 2.24 bits per heavy atom. The van der Waals surface area contributed by atoms with Gasteiger partial charge in [-0.2, -0.15) is 0 Å². The largest absolute Gasteiger partial charge is 0.497 e. The highest BCUT2D eigenvalue weighted by molar-refractivity contribution is 5.48. The van der Waals surface area contributed by atoms with E-state index < -0.39 is 0 Å². The van der Waals surface area contributed by atoms with E-state index >= 15 is 0 Å². The molecule has 1 aliphatic rings. The number of piperazine rings is 1.